The Morgan fingerprint density at radius 3 is 2.84 bits per heavy atom. The van der Waals surface area contributed by atoms with E-state index in [-0.39, 0.29) is 19.1 Å². The monoisotopic (exact) mass is 283 g/mol. The lowest BCUT2D eigenvalue weighted by Gasteiger charge is -2.21. The number of aryl methyl sites for hydroxylation is 1. The van der Waals surface area contributed by atoms with Crippen molar-refractivity contribution in [2.45, 2.75) is 11.9 Å². The molecule has 0 aromatic carbocycles. The van der Waals surface area contributed by atoms with Gasteiger partial charge in [-0.1, -0.05) is 6.08 Å². The van der Waals surface area contributed by atoms with E-state index in [1.54, 1.807) is 19.3 Å². The number of hydrogen-bond acceptors (Lipinski definition) is 5. The van der Waals surface area contributed by atoms with Gasteiger partial charge in [0.2, 0.25) is 0 Å². The Balaban J connectivity index is 3.23. The van der Waals surface area contributed by atoms with Crippen molar-refractivity contribution in [1.29, 1.82) is 0 Å². The molecular formula is C12H17N3O3S. The van der Waals surface area contributed by atoms with Gasteiger partial charge in [0.05, 0.1) is 12.2 Å². The molecule has 1 aromatic rings. The zero-order valence-corrected chi connectivity index (χ0v) is 11.8. The van der Waals surface area contributed by atoms with Crippen LogP contribution in [0.1, 0.15) is 16.1 Å². The molecule has 1 amide bonds. The first-order valence-electron chi connectivity index (χ1n) is 5.71. The van der Waals surface area contributed by atoms with E-state index in [9.17, 15) is 9.59 Å². The van der Waals surface area contributed by atoms with Gasteiger partial charge in [0, 0.05) is 18.8 Å². The van der Waals surface area contributed by atoms with Crippen molar-refractivity contribution in [1.82, 2.24) is 14.9 Å². The van der Waals surface area contributed by atoms with Crippen LogP contribution in [0.4, 0.5) is 0 Å². The van der Waals surface area contributed by atoms with E-state index < -0.39 is 5.69 Å². The van der Waals surface area contributed by atoms with Gasteiger partial charge >= 0.3 is 5.69 Å². The predicted octanol–water partition coefficient (Wildman–Crippen LogP) is 0.421. The second kappa shape index (κ2) is 7.10. The van der Waals surface area contributed by atoms with E-state index in [0.29, 0.717) is 22.8 Å². The standard InChI is InChI=1S/C12H17N3O3S/c1-4-5-15(6-7-16)11(17)9-8(2)13-12(18)14-10(9)19-3/h4,16H,1,5-7H2,2-3H3,(H,13,14,18). The Morgan fingerprint density at radius 1 is 1.63 bits per heavy atom. The van der Waals surface area contributed by atoms with Crippen LogP contribution in [0, 0.1) is 6.92 Å². The van der Waals surface area contributed by atoms with Crippen LogP contribution in [0.25, 0.3) is 0 Å². The van der Waals surface area contributed by atoms with E-state index in [0.717, 1.165) is 0 Å². The van der Waals surface area contributed by atoms with Crippen molar-refractivity contribution in [2.75, 3.05) is 26.0 Å². The first-order valence-corrected chi connectivity index (χ1v) is 6.93. The number of nitrogens with one attached hydrogen (secondary N) is 1. The summed E-state index contributed by atoms with van der Waals surface area (Å²) < 4.78 is 0. The summed E-state index contributed by atoms with van der Waals surface area (Å²) in [6.07, 6.45) is 3.34. The molecule has 0 radical (unpaired) electrons. The van der Waals surface area contributed by atoms with Crippen LogP contribution in [0.5, 0.6) is 0 Å². The molecule has 104 valence electrons. The predicted molar refractivity (Wildman–Crippen MR) is 74.6 cm³/mol. The van der Waals surface area contributed by atoms with Gasteiger partial charge < -0.3 is 15.0 Å². The third-order valence-electron chi connectivity index (χ3n) is 2.50. The molecule has 1 aromatic heterocycles. The lowest BCUT2D eigenvalue weighted by molar-refractivity contribution is 0.0737. The molecule has 7 heteroatoms. The summed E-state index contributed by atoms with van der Waals surface area (Å²) in [5.41, 5.74) is 0.361. The van der Waals surface area contributed by atoms with Crippen LogP contribution in [0.3, 0.4) is 0 Å². The first-order chi connectivity index (χ1) is 9.04. The zero-order chi connectivity index (χ0) is 14.4. The average Bonchev–Trinajstić information content (AvgIpc) is 2.36. The molecule has 6 nitrogen and oxygen atoms in total. The van der Waals surface area contributed by atoms with Gasteiger partial charge in [-0.2, -0.15) is 4.98 Å². The van der Waals surface area contributed by atoms with Crippen LogP contribution in [0.15, 0.2) is 22.5 Å². The number of amides is 1. The summed E-state index contributed by atoms with van der Waals surface area (Å²) in [5.74, 6) is -0.278. The molecule has 19 heavy (non-hydrogen) atoms. The van der Waals surface area contributed by atoms with Gasteiger partial charge in [-0.15, -0.1) is 18.3 Å². The van der Waals surface area contributed by atoms with Gasteiger partial charge in [0.25, 0.3) is 5.91 Å². The third kappa shape index (κ3) is 3.68. The van der Waals surface area contributed by atoms with Gasteiger partial charge in [-0.3, -0.25) is 4.79 Å². The number of rotatable bonds is 6. The molecule has 0 saturated carbocycles. The summed E-state index contributed by atoms with van der Waals surface area (Å²) in [6, 6.07) is 0. The number of aromatic nitrogens is 2. The number of nitrogens with zero attached hydrogens (tertiary/aromatic N) is 2. The van der Waals surface area contributed by atoms with E-state index in [1.807, 2.05) is 0 Å². The first kappa shape index (κ1) is 15.5. The fraction of sp³-hybridized carbons (Fsp3) is 0.417. The quantitative estimate of drug-likeness (QED) is 0.449. The second-order valence-electron chi connectivity index (χ2n) is 3.81. The van der Waals surface area contributed by atoms with E-state index >= 15 is 0 Å². The van der Waals surface area contributed by atoms with Gasteiger partial charge in [0.15, 0.2) is 0 Å². The van der Waals surface area contributed by atoms with Gasteiger partial charge in [-0.25, -0.2) is 4.79 Å². The fourth-order valence-corrected chi connectivity index (χ4v) is 2.29. The topological polar surface area (TPSA) is 86.3 Å². The molecule has 0 saturated heterocycles. The zero-order valence-electron chi connectivity index (χ0n) is 11.0. The van der Waals surface area contributed by atoms with Crippen molar-refractivity contribution >= 4 is 17.7 Å². The van der Waals surface area contributed by atoms with Crippen molar-refractivity contribution in [2.24, 2.45) is 0 Å². The molecule has 0 aliphatic heterocycles. The van der Waals surface area contributed by atoms with Crippen molar-refractivity contribution < 1.29 is 9.90 Å². The summed E-state index contributed by atoms with van der Waals surface area (Å²) in [6.45, 7) is 5.63. The number of aromatic amines is 1. The minimum atomic E-state index is -0.476. The van der Waals surface area contributed by atoms with Crippen LogP contribution in [-0.4, -0.2) is 51.8 Å². The maximum atomic E-state index is 12.4. The molecule has 2 N–H and O–H groups in total. The molecule has 0 unspecified atom stereocenters. The van der Waals surface area contributed by atoms with Crippen molar-refractivity contribution in [3.8, 4) is 0 Å². The molecule has 0 bridgehead atoms. The minimum Gasteiger partial charge on any atom is -0.395 e. The Bertz CT molecular complexity index is 527. The number of carbonyl (C=O) groups excluding carboxylic acids is 1. The molecule has 0 aliphatic carbocycles. The Kier molecular flexibility index (Phi) is 5.78. The fourth-order valence-electron chi connectivity index (χ4n) is 1.67. The largest absolute Gasteiger partial charge is 0.395 e. The average molecular weight is 283 g/mol. The number of aliphatic hydroxyl groups excluding tert-OH is 1. The highest BCUT2D eigenvalue weighted by Gasteiger charge is 2.21. The number of carbonyl (C=O) groups is 1. The van der Waals surface area contributed by atoms with Crippen LogP contribution in [-0.2, 0) is 0 Å². The Morgan fingerprint density at radius 2 is 2.32 bits per heavy atom. The maximum absolute atomic E-state index is 12.4. The summed E-state index contributed by atoms with van der Waals surface area (Å²) in [5, 5.41) is 9.38. The molecule has 0 atom stereocenters. The number of hydrogen-bond donors (Lipinski definition) is 2. The maximum Gasteiger partial charge on any atom is 0.346 e. The third-order valence-corrected chi connectivity index (χ3v) is 3.18. The van der Waals surface area contributed by atoms with Crippen molar-refractivity contribution in [3.05, 3.63) is 34.4 Å². The highest BCUT2D eigenvalue weighted by Crippen LogP contribution is 2.19. The lowest BCUT2D eigenvalue weighted by Crippen LogP contribution is -2.35. The smallest absolute Gasteiger partial charge is 0.346 e. The van der Waals surface area contributed by atoms with Crippen LogP contribution in [0.2, 0.25) is 0 Å². The summed E-state index contributed by atoms with van der Waals surface area (Å²) >= 11 is 1.24. The summed E-state index contributed by atoms with van der Waals surface area (Å²) in [4.78, 5) is 31.5. The molecule has 1 heterocycles. The van der Waals surface area contributed by atoms with Crippen molar-refractivity contribution in [3.63, 3.8) is 0 Å². The SMILES string of the molecule is C=CCN(CCO)C(=O)c1c(SC)nc(=O)[nH]c1C. The van der Waals surface area contributed by atoms with E-state index in [1.165, 1.54) is 16.7 Å². The van der Waals surface area contributed by atoms with Gasteiger partial charge in [-0.05, 0) is 13.2 Å². The van der Waals surface area contributed by atoms with E-state index in [2.05, 4.69) is 16.5 Å². The number of H-pyrrole nitrogens is 1. The molecule has 0 spiro atoms. The lowest BCUT2D eigenvalue weighted by atomic mass is 10.2. The number of thioether (sulfide) groups is 1. The Hall–Kier alpha value is -1.60. The minimum absolute atomic E-state index is 0.135. The normalized spacial score (nSPS) is 10.3. The van der Waals surface area contributed by atoms with Crippen LogP contribution >= 0.6 is 11.8 Å². The molecule has 0 fully saturated rings. The summed E-state index contributed by atoms with van der Waals surface area (Å²) in [7, 11) is 0. The molecule has 0 aliphatic rings. The van der Waals surface area contributed by atoms with Crippen LogP contribution < -0.4 is 5.69 Å². The highest BCUT2D eigenvalue weighted by molar-refractivity contribution is 7.98. The number of aliphatic hydroxyl groups is 1. The van der Waals surface area contributed by atoms with Gasteiger partial charge in [0.1, 0.15) is 5.03 Å². The highest BCUT2D eigenvalue weighted by atomic mass is 32.2. The molecular weight excluding hydrogens is 266 g/mol. The van der Waals surface area contributed by atoms with E-state index in [4.69, 9.17) is 5.11 Å². The Labute approximate surface area is 115 Å². The second-order valence-corrected chi connectivity index (χ2v) is 4.61. The molecule has 1 rings (SSSR count).